The number of rotatable bonds is 2. The van der Waals surface area contributed by atoms with Crippen LogP contribution in [0, 0.1) is 0 Å². The first-order chi connectivity index (χ1) is 10.4. The molecule has 0 saturated carbocycles. The maximum Gasteiger partial charge on any atom is 0.0466 e. The number of nitrogens with one attached hydrogen (secondary N) is 1. The second-order valence-electron chi connectivity index (χ2n) is 6.48. The minimum Gasteiger partial charge on any atom is -0.365 e. The highest BCUT2D eigenvalue weighted by molar-refractivity contribution is 5.93. The fourth-order valence-corrected chi connectivity index (χ4v) is 4.33. The average Bonchev–Trinajstić information content (AvgIpc) is 2.53. The standard InChI is InChI=1S/C18H23N3/c1-19-14-10-15-5-3-6-16(11-14)21(15)18-7-2-4-13-8-9-20-12-17(13)18/h2,4,7-9,12,14-16,19H,3,5-6,10-11H2,1H3. The highest BCUT2D eigenvalue weighted by Gasteiger charge is 2.38. The van der Waals surface area contributed by atoms with E-state index in [0.29, 0.717) is 18.1 Å². The van der Waals surface area contributed by atoms with Crippen LogP contribution in [0.5, 0.6) is 0 Å². The lowest BCUT2D eigenvalue weighted by molar-refractivity contribution is 0.253. The molecule has 21 heavy (non-hydrogen) atoms. The molecule has 3 heteroatoms. The van der Waals surface area contributed by atoms with E-state index in [1.54, 1.807) is 0 Å². The van der Waals surface area contributed by atoms with Crippen LogP contribution < -0.4 is 10.2 Å². The smallest absolute Gasteiger partial charge is 0.0466 e. The van der Waals surface area contributed by atoms with E-state index in [2.05, 4.69) is 46.5 Å². The van der Waals surface area contributed by atoms with Crippen LogP contribution in [0.4, 0.5) is 5.69 Å². The maximum atomic E-state index is 4.35. The molecule has 3 nitrogen and oxygen atoms in total. The Morgan fingerprint density at radius 3 is 2.71 bits per heavy atom. The van der Waals surface area contributed by atoms with Crippen LogP contribution >= 0.6 is 0 Å². The van der Waals surface area contributed by atoms with Crippen LogP contribution in [0.1, 0.15) is 32.1 Å². The second kappa shape index (κ2) is 5.30. The van der Waals surface area contributed by atoms with Crippen molar-refractivity contribution < 1.29 is 0 Å². The first kappa shape index (κ1) is 13.1. The molecule has 0 aliphatic carbocycles. The SMILES string of the molecule is CNC1CC2CCCC(C1)N2c1cccc2ccncc12. The topological polar surface area (TPSA) is 28.2 Å². The van der Waals surface area contributed by atoms with E-state index in [9.17, 15) is 0 Å². The fraction of sp³-hybridized carbons (Fsp3) is 0.500. The molecule has 1 aromatic heterocycles. The zero-order chi connectivity index (χ0) is 14.2. The largest absolute Gasteiger partial charge is 0.365 e. The summed E-state index contributed by atoms with van der Waals surface area (Å²) < 4.78 is 0. The number of pyridine rings is 1. The third-order valence-electron chi connectivity index (χ3n) is 5.32. The van der Waals surface area contributed by atoms with Crippen LogP contribution in [0.25, 0.3) is 10.8 Å². The molecule has 2 aliphatic rings. The summed E-state index contributed by atoms with van der Waals surface area (Å²) >= 11 is 0. The Morgan fingerprint density at radius 1 is 1.14 bits per heavy atom. The van der Waals surface area contributed by atoms with Gasteiger partial charge >= 0.3 is 0 Å². The molecule has 2 fully saturated rings. The second-order valence-corrected chi connectivity index (χ2v) is 6.48. The molecule has 2 aromatic rings. The first-order valence-corrected chi connectivity index (χ1v) is 8.15. The Balaban J connectivity index is 1.78. The molecule has 2 bridgehead atoms. The van der Waals surface area contributed by atoms with Gasteiger partial charge in [0.2, 0.25) is 0 Å². The number of fused-ring (bicyclic) bond motifs is 3. The first-order valence-electron chi connectivity index (χ1n) is 8.15. The number of piperidine rings is 2. The van der Waals surface area contributed by atoms with Crippen molar-refractivity contribution in [2.24, 2.45) is 0 Å². The van der Waals surface area contributed by atoms with E-state index < -0.39 is 0 Å². The van der Waals surface area contributed by atoms with Gasteiger partial charge in [-0.15, -0.1) is 0 Å². The van der Waals surface area contributed by atoms with Crippen LogP contribution in [-0.2, 0) is 0 Å². The van der Waals surface area contributed by atoms with Gasteiger partial charge in [-0.25, -0.2) is 0 Å². The normalized spacial score (nSPS) is 28.8. The third-order valence-corrected chi connectivity index (χ3v) is 5.32. The molecule has 3 heterocycles. The highest BCUT2D eigenvalue weighted by Crippen LogP contribution is 2.40. The molecule has 4 rings (SSSR count). The maximum absolute atomic E-state index is 4.35. The molecule has 1 aromatic carbocycles. The van der Waals surface area contributed by atoms with Crippen molar-refractivity contribution in [3.8, 4) is 0 Å². The summed E-state index contributed by atoms with van der Waals surface area (Å²) in [7, 11) is 2.11. The quantitative estimate of drug-likeness (QED) is 0.915. The lowest BCUT2D eigenvalue weighted by Crippen LogP contribution is -2.56. The Bertz CT molecular complexity index is 620. The van der Waals surface area contributed by atoms with Crippen molar-refractivity contribution in [1.82, 2.24) is 10.3 Å². The molecule has 2 aliphatic heterocycles. The van der Waals surface area contributed by atoms with Crippen LogP contribution in [-0.4, -0.2) is 30.2 Å². The summed E-state index contributed by atoms with van der Waals surface area (Å²) in [5.41, 5.74) is 1.39. The van der Waals surface area contributed by atoms with Crippen LogP contribution in [0.3, 0.4) is 0 Å². The van der Waals surface area contributed by atoms with E-state index in [0.717, 1.165) is 0 Å². The summed E-state index contributed by atoms with van der Waals surface area (Å²) in [6, 6.07) is 10.8. The summed E-state index contributed by atoms with van der Waals surface area (Å²) in [5, 5.41) is 6.11. The van der Waals surface area contributed by atoms with Gasteiger partial charge in [-0.1, -0.05) is 12.1 Å². The van der Waals surface area contributed by atoms with Gasteiger partial charge in [0.1, 0.15) is 0 Å². The van der Waals surface area contributed by atoms with Crippen molar-refractivity contribution in [2.45, 2.75) is 50.2 Å². The predicted molar refractivity (Wildman–Crippen MR) is 87.7 cm³/mol. The Labute approximate surface area is 126 Å². The predicted octanol–water partition coefficient (Wildman–Crippen LogP) is 3.34. The Morgan fingerprint density at radius 2 is 1.95 bits per heavy atom. The number of hydrogen-bond donors (Lipinski definition) is 1. The zero-order valence-corrected chi connectivity index (χ0v) is 12.6. The van der Waals surface area contributed by atoms with E-state index >= 15 is 0 Å². The summed E-state index contributed by atoms with van der Waals surface area (Å²) in [6.07, 6.45) is 10.5. The minimum absolute atomic E-state index is 0.681. The number of anilines is 1. The number of nitrogens with zero attached hydrogens (tertiary/aromatic N) is 2. The molecule has 0 spiro atoms. The van der Waals surface area contributed by atoms with Crippen molar-refractivity contribution in [2.75, 3.05) is 11.9 Å². The summed E-state index contributed by atoms with van der Waals surface area (Å²) in [5.74, 6) is 0. The van der Waals surface area contributed by atoms with Crippen molar-refractivity contribution in [3.63, 3.8) is 0 Å². The third kappa shape index (κ3) is 2.20. The average molecular weight is 281 g/mol. The van der Waals surface area contributed by atoms with E-state index in [4.69, 9.17) is 0 Å². The number of aromatic nitrogens is 1. The van der Waals surface area contributed by atoms with Crippen LogP contribution in [0.2, 0.25) is 0 Å². The summed E-state index contributed by atoms with van der Waals surface area (Å²) in [4.78, 5) is 7.06. The van der Waals surface area contributed by atoms with E-state index in [1.165, 1.54) is 48.6 Å². The molecule has 2 unspecified atom stereocenters. The van der Waals surface area contributed by atoms with Crippen LogP contribution in [0.15, 0.2) is 36.7 Å². The molecule has 0 radical (unpaired) electrons. The molecule has 0 amide bonds. The number of hydrogen-bond acceptors (Lipinski definition) is 3. The highest BCUT2D eigenvalue weighted by atomic mass is 15.2. The molecular weight excluding hydrogens is 258 g/mol. The zero-order valence-electron chi connectivity index (χ0n) is 12.6. The molecule has 110 valence electrons. The lowest BCUT2D eigenvalue weighted by atomic mass is 9.81. The van der Waals surface area contributed by atoms with Gasteiger partial charge in [0.05, 0.1) is 0 Å². The van der Waals surface area contributed by atoms with Gasteiger partial charge in [-0.2, -0.15) is 0 Å². The van der Waals surface area contributed by atoms with Gasteiger partial charge in [0.25, 0.3) is 0 Å². The van der Waals surface area contributed by atoms with Gasteiger partial charge in [-0.3, -0.25) is 4.98 Å². The van der Waals surface area contributed by atoms with Gasteiger partial charge in [0, 0.05) is 41.6 Å². The molecular formula is C18H23N3. The number of benzene rings is 1. The molecule has 1 N–H and O–H groups in total. The molecule has 2 saturated heterocycles. The minimum atomic E-state index is 0.681. The van der Waals surface area contributed by atoms with Crippen molar-refractivity contribution >= 4 is 16.5 Å². The monoisotopic (exact) mass is 281 g/mol. The van der Waals surface area contributed by atoms with Crippen molar-refractivity contribution in [3.05, 3.63) is 36.7 Å². The molecule has 2 atom stereocenters. The summed E-state index contributed by atoms with van der Waals surface area (Å²) in [6.45, 7) is 0. The van der Waals surface area contributed by atoms with E-state index in [-0.39, 0.29) is 0 Å². The van der Waals surface area contributed by atoms with Gasteiger partial charge in [-0.05, 0) is 56.7 Å². The van der Waals surface area contributed by atoms with E-state index in [1.807, 2.05) is 12.4 Å². The van der Waals surface area contributed by atoms with Crippen molar-refractivity contribution in [1.29, 1.82) is 0 Å². The lowest BCUT2D eigenvalue weighted by Gasteiger charge is -2.50. The fourth-order valence-electron chi connectivity index (χ4n) is 4.33. The Hall–Kier alpha value is -1.61. The Kier molecular flexibility index (Phi) is 3.30. The van der Waals surface area contributed by atoms with Gasteiger partial charge in [0.15, 0.2) is 0 Å². The van der Waals surface area contributed by atoms with Gasteiger partial charge < -0.3 is 10.2 Å².